The summed E-state index contributed by atoms with van der Waals surface area (Å²) in [5, 5.41) is 1.67. The van der Waals surface area contributed by atoms with Crippen molar-refractivity contribution in [2.75, 3.05) is 6.61 Å². The number of Topliss-reactive ketones (excluding diaryl/α,β-unsaturated/α-hetero) is 1. The van der Waals surface area contributed by atoms with E-state index in [4.69, 9.17) is 4.74 Å². The predicted molar refractivity (Wildman–Crippen MR) is 70.5 cm³/mol. The van der Waals surface area contributed by atoms with Crippen molar-refractivity contribution in [3.63, 3.8) is 0 Å². The third kappa shape index (κ3) is 2.87. The second-order valence-corrected chi connectivity index (χ2v) is 4.53. The Hall–Kier alpha value is -1.88. The van der Waals surface area contributed by atoms with Gasteiger partial charge in [0.15, 0.2) is 5.78 Å². The monoisotopic (exact) mass is 263 g/mol. The molecule has 0 radical (unpaired) electrons. The third-order valence-corrected chi connectivity index (χ3v) is 3.14. The summed E-state index contributed by atoms with van der Waals surface area (Å²) in [4.78, 5) is 23.2. The van der Waals surface area contributed by atoms with Gasteiger partial charge in [0.05, 0.1) is 13.2 Å². The Kier molecular flexibility index (Phi) is 3.94. The van der Waals surface area contributed by atoms with Crippen LogP contribution in [0.4, 0.5) is 0 Å². The molecule has 0 atom stereocenters. The summed E-state index contributed by atoms with van der Waals surface area (Å²) in [6.45, 7) is 2.58. The fourth-order valence-electron chi connectivity index (χ4n) is 1.56. The second kappa shape index (κ2) is 5.64. The Bertz CT molecular complexity index is 583. The van der Waals surface area contributed by atoms with Crippen LogP contribution >= 0.6 is 11.3 Å². The second-order valence-electron chi connectivity index (χ2n) is 3.68. The predicted octanol–water partition coefficient (Wildman–Crippen LogP) is 2.19. The molecule has 0 spiro atoms. The maximum atomic E-state index is 11.9. The Balaban J connectivity index is 2.09. The van der Waals surface area contributed by atoms with Crippen molar-refractivity contribution in [1.29, 1.82) is 0 Å². The Labute approximate surface area is 108 Å². The number of benzene rings is 1. The van der Waals surface area contributed by atoms with Gasteiger partial charge in [-0.15, -0.1) is 0 Å². The van der Waals surface area contributed by atoms with E-state index in [1.807, 2.05) is 6.92 Å². The first-order valence-electron chi connectivity index (χ1n) is 5.60. The molecule has 0 saturated carbocycles. The van der Waals surface area contributed by atoms with Crippen LogP contribution in [0.2, 0.25) is 0 Å². The highest BCUT2D eigenvalue weighted by Crippen LogP contribution is 2.12. The highest BCUT2D eigenvalue weighted by atomic mass is 32.1. The number of rotatable bonds is 5. The largest absolute Gasteiger partial charge is 0.494 e. The minimum atomic E-state index is -0.116. The molecule has 0 N–H and O–H groups in total. The summed E-state index contributed by atoms with van der Waals surface area (Å²) in [6, 6.07) is 6.94. The Morgan fingerprint density at radius 1 is 1.33 bits per heavy atom. The number of ketones is 1. The standard InChI is InChI=1S/C13H13NO3S/c1-2-17-11-5-3-10(4-6-11)12(15)9-14-7-8-18-13(14)16/h3-8H,2,9H2,1H3. The van der Waals surface area contributed by atoms with Crippen LogP contribution in [0.15, 0.2) is 40.6 Å². The molecule has 0 aliphatic rings. The number of carbonyl (C=O) groups excluding carboxylic acids is 1. The van der Waals surface area contributed by atoms with Crippen molar-refractivity contribution in [3.8, 4) is 5.75 Å². The average molecular weight is 263 g/mol. The van der Waals surface area contributed by atoms with Crippen LogP contribution < -0.4 is 9.61 Å². The van der Waals surface area contributed by atoms with Crippen molar-refractivity contribution in [2.45, 2.75) is 13.5 Å². The minimum Gasteiger partial charge on any atom is -0.494 e. The number of nitrogens with zero attached hydrogens (tertiary/aromatic N) is 1. The van der Waals surface area contributed by atoms with Gasteiger partial charge < -0.3 is 4.74 Å². The van der Waals surface area contributed by atoms with Gasteiger partial charge in [-0.1, -0.05) is 11.3 Å². The van der Waals surface area contributed by atoms with Crippen LogP contribution in [0.5, 0.6) is 5.75 Å². The molecule has 0 fully saturated rings. The van der Waals surface area contributed by atoms with E-state index >= 15 is 0 Å². The van der Waals surface area contributed by atoms with E-state index < -0.39 is 0 Å². The first kappa shape index (κ1) is 12.6. The van der Waals surface area contributed by atoms with Crippen LogP contribution in [0.1, 0.15) is 17.3 Å². The van der Waals surface area contributed by atoms with Crippen LogP contribution in [0, 0.1) is 0 Å². The minimum absolute atomic E-state index is 0.0797. The molecule has 1 aromatic heterocycles. The SMILES string of the molecule is CCOc1ccc(C(=O)Cn2ccsc2=O)cc1. The Morgan fingerprint density at radius 2 is 2.06 bits per heavy atom. The van der Waals surface area contributed by atoms with Crippen molar-refractivity contribution < 1.29 is 9.53 Å². The molecule has 4 nitrogen and oxygen atoms in total. The van der Waals surface area contributed by atoms with Gasteiger partial charge in [0, 0.05) is 17.1 Å². The molecule has 0 saturated heterocycles. The summed E-state index contributed by atoms with van der Waals surface area (Å²) in [6.07, 6.45) is 1.62. The number of ether oxygens (including phenoxy) is 1. The zero-order chi connectivity index (χ0) is 13.0. The van der Waals surface area contributed by atoms with Crippen LogP contribution in [-0.4, -0.2) is 17.0 Å². The van der Waals surface area contributed by atoms with Gasteiger partial charge in [-0.25, -0.2) is 0 Å². The molecule has 0 aliphatic heterocycles. The highest BCUT2D eigenvalue weighted by Gasteiger charge is 2.08. The lowest BCUT2D eigenvalue weighted by Gasteiger charge is -2.04. The lowest BCUT2D eigenvalue weighted by atomic mass is 10.1. The van der Waals surface area contributed by atoms with Gasteiger partial charge in [-0.05, 0) is 31.2 Å². The van der Waals surface area contributed by atoms with Crippen molar-refractivity contribution in [3.05, 3.63) is 51.1 Å². The van der Waals surface area contributed by atoms with Gasteiger partial charge in [-0.3, -0.25) is 14.2 Å². The highest BCUT2D eigenvalue weighted by molar-refractivity contribution is 7.07. The molecule has 0 bridgehead atoms. The smallest absolute Gasteiger partial charge is 0.307 e. The first-order valence-corrected chi connectivity index (χ1v) is 6.48. The van der Waals surface area contributed by atoms with E-state index in [-0.39, 0.29) is 17.2 Å². The summed E-state index contributed by atoms with van der Waals surface area (Å²) in [7, 11) is 0. The number of carbonyl (C=O) groups is 1. The number of hydrogen-bond acceptors (Lipinski definition) is 4. The van der Waals surface area contributed by atoms with Crippen molar-refractivity contribution in [2.24, 2.45) is 0 Å². The third-order valence-electron chi connectivity index (χ3n) is 2.45. The van der Waals surface area contributed by atoms with Gasteiger partial charge in [0.2, 0.25) is 0 Å². The van der Waals surface area contributed by atoms with Gasteiger partial charge in [0.1, 0.15) is 5.75 Å². The topological polar surface area (TPSA) is 48.3 Å². The molecule has 94 valence electrons. The zero-order valence-corrected chi connectivity index (χ0v) is 10.8. The van der Waals surface area contributed by atoms with Gasteiger partial charge in [0.25, 0.3) is 0 Å². The van der Waals surface area contributed by atoms with E-state index in [1.165, 1.54) is 4.57 Å². The lowest BCUT2D eigenvalue weighted by Crippen LogP contribution is -2.18. The average Bonchev–Trinajstić information content (AvgIpc) is 2.76. The number of hydrogen-bond donors (Lipinski definition) is 0. The van der Waals surface area contributed by atoms with Crippen LogP contribution in [0.3, 0.4) is 0 Å². The molecule has 2 aromatic rings. The summed E-state index contributed by atoms with van der Waals surface area (Å²) in [5.74, 6) is 0.653. The maximum Gasteiger partial charge on any atom is 0.307 e. The fourth-order valence-corrected chi connectivity index (χ4v) is 2.14. The molecular weight excluding hydrogens is 250 g/mol. The van der Waals surface area contributed by atoms with Crippen molar-refractivity contribution in [1.82, 2.24) is 4.57 Å². The normalized spacial score (nSPS) is 10.3. The maximum absolute atomic E-state index is 11.9. The molecule has 1 heterocycles. The van der Waals surface area contributed by atoms with E-state index in [0.29, 0.717) is 12.2 Å². The molecule has 18 heavy (non-hydrogen) atoms. The van der Waals surface area contributed by atoms with E-state index in [1.54, 1.807) is 35.8 Å². The summed E-state index contributed by atoms with van der Waals surface area (Å²) in [5.41, 5.74) is 0.580. The van der Waals surface area contributed by atoms with Crippen molar-refractivity contribution >= 4 is 17.1 Å². The molecule has 2 rings (SSSR count). The van der Waals surface area contributed by atoms with Crippen LogP contribution in [-0.2, 0) is 6.54 Å². The molecule has 5 heteroatoms. The fraction of sp³-hybridized carbons (Fsp3) is 0.231. The zero-order valence-electron chi connectivity index (χ0n) is 9.96. The van der Waals surface area contributed by atoms with Gasteiger partial charge in [-0.2, -0.15) is 0 Å². The van der Waals surface area contributed by atoms with Gasteiger partial charge >= 0.3 is 4.87 Å². The summed E-state index contributed by atoms with van der Waals surface area (Å²) < 4.78 is 6.71. The van der Waals surface area contributed by atoms with E-state index in [9.17, 15) is 9.59 Å². The lowest BCUT2D eigenvalue weighted by molar-refractivity contribution is 0.0971. The van der Waals surface area contributed by atoms with E-state index in [2.05, 4.69) is 0 Å². The molecule has 1 aromatic carbocycles. The van der Waals surface area contributed by atoms with E-state index in [0.717, 1.165) is 17.1 Å². The molecule has 0 unspecified atom stereocenters. The summed E-state index contributed by atoms with van der Waals surface area (Å²) >= 11 is 1.09. The Morgan fingerprint density at radius 3 is 2.61 bits per heavy atom. The molecular formula is C13H13NO3S. The number of aromatic nitrogens is 1. The first-order chi connectivity index (χ1) is 8.70. The molecule has 0 aliphatic carbocycles. The quantitative estimate of drug-likeness (QED) is 0.777. The van der Waals surface area contributed by atoms with Crippen LogP contribution in [0.25, 0.3) is 0 Å². The number of thiazole rings is 1. The molecule has 0 amide bonds.